The van der Waals surface area contributed by atoms with Crippen molar-refractivity contribution >= 4 is 17.3 Å². The van der Waals surface area contributed by atoms with Crippen LogP contribution >= 0.6 is 11.3 Å². The predicted molar refractivity (Wildman–Crippen MR) is 49.2 cm³/mol. The molecule has 1 aromatic heterocycles. The largest absolute Gasteiger partial charge is 1.00 e. The number of aromatic carboxylic acids is 1. The standard InChI is InChI=1S/C9H11NO3S.Li/c11-9(12)7-5-14-8(10-7)6-1-3-13-4-2-6;/h5-6H,1-4H2,(H,11,12);/q;+1/p-1. The third kappa shape index (κ3) is 3.05. The minimum atomic E-state index is -1.19. The molecule has 0 atom stereocenters. The zero-order chi connectivity index (χ0) is 9.97. The molecular weight excluding hydrogens is 209 g/mol. The van der Waals surface area contributed by atoms with Crippen molar-refractivity contribution in [2.75, 3.05) is 13.2 Å². The van der Waals surface area contributed by atoms with E-state index in [9.17, 15) is 9.90 Å². The predicted octanol–water partition coefficient (Wildman–Crippen LogP) is -2.60. The number of carbonyl (C=O) groups is 1. The van der Waals surface area contributed by atoms with Gasteiger partial charge in [0.05, 0.1) is 16.7 Å². The molecule has 0 aromatic carbocycles. The van der Waals surface area contributed by atoms with E-state index in [4.69, 9.17) is 4.74 Å². The molecule has 0 bridgehead atoms. The van der Waals surface area contributed by atoms with Gasteiger partial charge >= 0.3 is 18.9 Å². The number of hydrogen-bond donors (Lipinski definition) is 0. The summed E-state index contributed by atoms with van der Waals surface area (Å²) in [5, 5.41) is 12.9. The molecule has 15 heavy (non-hydrogen) atoms. The Balaban J connectivity index is 0.00000112. The molecule has 0 N–H and O–H groups in total. The summed E-state index contributed by atoms with van der Waals surface area (Å²) < 4.78 is 5.22. The molecule has 0 spiro atoms. The quantitative estimate of drug-likeness (QED) is 0.512. The van der Waals surface area contributed by atoms with Gasteiger partial charge in [0, 0.05) is 24.5 Å². The normalized spacial score (nSPS) is 17.1. The summed E-state index contributed by atoms with van der Waals surface area (Å²) in [7, 11) is 0. The molecule has 1 aliphatic rings. The van der Waals surface area contributed by atoms with Crippen molar-refractivity contribution in [3.8, 4) is 0 Å². The van der Waals surface area contributed by atoms with Crippen LogP contribution in [0.4, 0.5) is 0 Å². The van der Waals surface area contributed by atoms with Gasteiger partial charge in [-0.15, -0.1) is 11.3 Å². The number of hydrogen-bond acceptors (Lipinski definition) is 5. The fourth-order valence-corrected chi connectivity index (χ4v) is 2.47. The van der Waals surface area contributed by atoms with Crippen molar-refractivity contribution in [3.63, 3.8) is 0 Å². The number of carboxylic acids is 1. The SMILES string of the molecule is O=C([O-])c1csc(C2CCOCC2)n1.[Li+]. The van der Waals surface area contributed by atoms with Crippen molar-refractivity contribution < 1.29 is 33.5 Å². The van der Waals surface area contributed by atoms with Gasteiger partial charge in [0.1, 0.15) is 0 Å². The Bertz CT molecular complexity index is 336. The minimum absolute atomic E-state index is 0. The van der Waals surface area contributed by atoms with Gasteiger partial charge in [-0.25, -0.2) is 4.98 Å². The number of rotatable bonds is 2. The summed E-state index contributed by atoms with van der Waals surface area (Å²) >= 11 is 1.40. The van der Waals surface area contributed by atoms with Crippen molar-refractivity contribution in [1.82, 2.24) is 4.98 Å². The van der Waals surface area contributed by atoms with E-state index >= 15 is 0 Å². The molecule has 1 fully saturated rings. The maximum Gasteiger partial charge on any atom is 1.00 e. The molecule has 1 aliphatic heterocycles. The summed E-state index contributed by atoms with van der Waals surface area (Å²) in [5.74, 6) is -0.832. The van der Waals surface area contributed by atoms with Gasteiger partial charge in [-0.2, -0.15) is 0 Å². The topological polar surface area (TPSA) is 62.2 Å². The second-order valence-electron chi connectivity index (χ2n) is 3.25. The maximum atomic E-state index is 10.5. The number of carboxylic acid groups (broad SMARTS) is 1. The summed E-state index contributed by atoms with van der Waals surface area (Å²) in [6.07, 6.45) is 1.86. The zero-order valence-corrected chi connectivity index (χ0v) is 9.38. The van der Waals surface area contributed by atoms with E-state index < -0.39 is 5.97 Å². The second kappa shape index (κ2) is 5.66. The van der Waals surface area contributed by atoms with Crippen molar-refractivity contribution in [3.05, 3.63) is 16.1 Å². The summed E-state index contributed by atoms with van der Waals surface area (Å²) in [6, 6.07) is 0. The van der Waals surface area contributed by atoms with Crippen LogP contribution in [0.2, 0.25) is 0 Å². The van der Waals surface area contributed by atoms with Gasteiger partial charge in [-0.3, -0.25) is 0 Å². The summed E-state index contributed by atoms with van der Waals surface area (Å²) in [6.45, 7) is 1.48. The first kappa shape index (κ1) is 12.7. The smallest absolute Gasteiger partial charge is 0.543 e. The molecule has 2 heterocycles. The molecule has 1 aromatic rings. The molecule has 0 radical (unpaired) electrons. The first-order valence-electron chi connectivity index (χ1n) is 4.52. The number of aromatic nitrogens is 1. The van der Waals surface area contributed by atoms with Crippen LogP contribution in [0.1, 0.15) is 34.3 Å². The zero-order valence-electron chi connectivity index (χ0n) is 8.56. The van der Waals surface area contributed by atoms with E-state index in [2.05, 4.69) is 4.98 Å². The number of carbonyl (C=O) groups excluding carboxylic acids is 1. The molecule has 0 unspecified atom stereocenters. The fraction of sp³-hybridized carbons (Fsp3) is 0.556. The summed E-state index contributed by atoms with van der Waals surface area (Å²) in [5.41, 5.74) is 0.0523. The van der Waals surface area contributed by atoms with E-state index in [0.717, 1.165) is 31.1 Å². The monoisotopic (exact) mass is 219 g/mol. The van der Waals surface area contributed by atoms with Gasteiger partial charge in [-0.1, -0.05) is 0 Å². The van der Waals surface area contributed by atoms with Crippen molar-refractivity contribution in [1.29, 1.82) is 0 Å². The van der Waals surface area contributed by atoms with E-state index in [1.165, 1.54) is 11.3 Å². The molecule has 4 nitrogen and oxygen atoms in total. The van der Waals surface area contributed by atoms with Crippen molar-refractivity contribution in [2.45, 2.75) is 18.8 Å². The first-order chi connectivity index (χ1) is 6.77. The van der Waals surface area contributed by atoms with Gasteiger partial charge in [0.2, 0.25) is 0 Å². The fourth-order valence-electron chi connectivity index (χ4n) is 1.51. The van der Waals surface area contributed by atoms with Crippen molar-refractivity contribution in [2.24, 2.45) is 0 Å². The van der Waals surface area contributed by atoms with Crippen LogP contribution < -0.4 is 24.0 Å². The second-order valence-corrected chi connectivity index (χ2v) is 4.13. The molecule has 0 amide bonds. The van der Waals surface area contributed by atoms with Crippen LogP contribution in [0.5, 0.6) is 0 Å². The van der Waals surface area contributed by atoms with E-state index in [0.29, 0.717) is 5.92 Å². The first-order valence-corrected chi connectivity index (χ1v) is 5.40. The molecule has 0 saturated carbocycles. The van der Waals surface area contributed by atoms with E-state index in [1.54, 1.807) is 5.38 Å². The Kier molecular flexibility index (Phi) is 4.80. The van der Waals surface area contributed by atoms with E-state index in [1.807, 2.05) is 0 Å². The van der Waals surface area contributed by atoms with Crippen LogP contribution in [0.3, 0.4) is 0 Å². The Labute approximate surface area is 104 Å². The third-order valence-electron chi connectivity index (χ3n) is 2.30. The van der Waals surface area contributed by atoms with Gasteiger partial charge < -0.3 is 14.6 Å². The van der Waals surface area contributed by atoms with Gasteiger partial charge in [0.15, 0.2) is 0 Å². The van der Waals surface area contributed by atoms with Crippen LogP contribution in [0, 0.1) is 0 Å². The van der Waals surface area contributed by atoms with Crippen LogP contribution in [-0.4, -0.2) is 24.2 Å². The summed E-state index contributed by atoms with van der Waals surface area (Å²) in [4.78, 5) is 14.5. The Morgan fingerprint density at radius 1 is 1.53 bits per heavy atom. The molecule has 76 valence electrons. The molecule has 6 heteroatoms. The van der Waals surface area contributed by atoms with E-state index in [-0.39, 0.29) is 24.6 Å². The maximum absolute atomic E-state index is 10.5. The number of thiazole rings is 1. The third-order valence-corrected chi connectivity index (χ3v) is 3.31. The number of ether oxygens (including phenoxy) is 1. The average molecular weight is 219 g/mol. The minimum Gasteiger partial charge on any atom is -0.543 e. The molecule has 2 rings (SSSR count). The van der Waals surface area contributed by atoms with Gasteiger partial charge in [0.25, 0.3) is 0 Å². The van der Waals surface area contributed by atoms with Crippen LogP contribution in [0.25, 0.3) is 0 Å². The average Bonchev–Trinajstić information content (AvgIpc) is 2.68. The van der Waals surface area contributed by atoms with Crippen LogP contribution in [0.15, 0.2) is 5.38 Å². The Hall–Kier alpha value is -0.343. The molecule has 1 saturated heterocycles. The molecular formula is C9H10LiNO3S. The van der Waals surface area contributed by atoms with Gasteiger partial charge in [-0.05, 0) is 12.8 Å². The Morgan fingerprint density at radius 2 is 2.20 bits per heavy atom. The Morgan fingerprint density at radius 3 is 2.73 bits per heavy atom. The number of nitrogens with zero attached hydrogens (tertiary/aromatic N) is 1. The van der Waals surface area contributed by atoms with Crippen LogP contribution in [-0.2, 0) is 4.74 Å². The molecule has 0 aliphatic carbocycles.